The summed E-state index contributed by atoms with van der Waals surface area (Å²) in [5.41, 5.74) is 0. The fourth-order valence-electron chi connectivity index (χ4n) is 1.48. The first kappa shape index (κ1) is 14.4. The van der Waals surface area contributed by atoms with Crippen molar-refractivity contribution in [2.75, 3.05) is 6.54 Å². The molecule has 0 fully saturated rings. The molecule has 1 rings (SSSR count). The molecule has 1 atom stereocenters. The van der Waals surface area contributed by atoms with Gasteiger partial charge in [0.2, 0.25) is 0 Å². The Morgan fingerprint density at radius 3 is 2.81 bits per heavy atom. The van der Waals surface area contributed by atoms with E-state index in [1.54, 1.807) is 11.3 Å². The van der Waals surface area contributed by atoms with E-state index in [2.05, 4.69) is 56.7 Å². The number of allylic oxidation sites excluding steroid dienone is 1. The third-order valence-corrected chi connectivity index (χ3v) is 5.68. The van der Waals surface area contributed by atoms with E-state index in [0.29, 0.717) is 6.04 Å². The molecule has 90 valence electrons. The van der Waals surface area contributed by atoms with Crippen LogP contribution in [0.5, 0.6) is 0 Å². The van der Waals surface area contributed by atoms with Gasteiger partial charge in [-0.25, -0.2) is 0 Å². The van der Waals surface area contributed by atoms with Crippen molar-refractivity contribution in [2.45, 2.75) is 32.2 Å². The van der Waals surface area contributed by atoms with Gasteiger partial charge >= 0.3 is 0 Å². The van der Waals surface area contributed by atoms with Gasteiger partial charge in [0.25, 0.3) is 0 Å². The Morgan fingerprint density at radius 2 is 2.31 bits per heavy atom. The molecular formula is C12H17Br2NS. The second kappa shape index (κ2) is 7.64. The zero-order valence-electron chi connectivity index (χ0n) is 9.43. The Bertz CT molecular complexity index is 316. The van der Waals surface area contributed by atoms with Crippen LogP contribution in [0, 0.1) is 0 Å². The van der Waals surface area contributed by atoms with Crippen LogP contribution in [0.15, 0.2) is 27.0 Å². The number of rotatable bonds is 7. The molecule has 0 amide bonds. The number of thiophene rings is 1. The van der Waals surface area contributed by atoms with Crippen molar-refractivity contribution in [3.8, 4) is 0 Å². The molecule has 1 aromatic heterocycles. The lowest BCUT2D eigenvalue weighted by atomic mass is 10.1. The van der Waals surface area contributed by atoms with Gasteiger partial charge < -0.3 is 5.32 Å². The second-order valence-electron chi connectivity index (χ2n) is 3.64. The number of hydrogen-bond acceptors (Lipinski definition) is 2. The molecule has 0 saturated carbocycles. The molecule has 0 saturated heterocycles. The average molecular weight is 367 g/mol. The molecule has 1 nitrogen and oxygen atoms in total. The first-order valence-electron chi connectivity index (χ1n) is 5.48. The van der Waals surface area contributed by atoms with Crippen molar-refractivity contribution in [1.82, 2.24) is 5.32 Å². The molecule has 0 aliphatic heterocycles. The van der Waals surface area contributed by atoms with E-state index >= 15 is 0 Å². The summed E-state index contributed by atoms with van der Waals surface area (Å²) in [6, 6.07) is 2.65. The lowest BCUT2D eigenvalue weighted by Gasteiger charge is -2.15. The minimum atomic E-state index is 0.450. The predicted molar refractivity (Wildman–Crippen MR) is 80.2 cm³/mol. The van der Waals surface area contributed by atoms with Gasteiger partial charge in [-0.3, -0.25) is 0 Å². The lowest BCUT2D eigenvalue weighted by Crippen LogP contribution is -2.21. The van der Waals surface area contributed by atoms with Crippen molar-refractivity contribution in [3.63, 3.8) is 0 Å². The Hall–Kier alpha value is 0.360. The highest BCUT2D eigenvalue weighted by Crippen LogP contribution is 2.36. The topological polar surface area (TPSA) is 12.0 Å². The van der Waals surface area contributed by atoms with Crippen LogP contribution >= 0.6 is 43.2 Å². The largest absolute Gasteiger partial charge is 0.309 e. The Balaban J connectivity index is 2.69. The first-order valence-corrected chi connectivity index (χ1v) is 7.88. The van der Waals surface area contributed by atoms with E-state index in [1.165, 1.54) is 8.66 Å². The van der Waals surface area contributed by atoms with Gasteiger partial charge in [0.15, 0.2) is 0 Å². The summed E-state index contributed by atoms with van der Waals surface area (Å²) in [5.74, 6) is 0. The minimum Gasteiger partial charge on any atom is -0.309 e. The zero-order valence-corrected chi connectivity index (χ0v) is 13.4. The summed E-state index contributed by atoms with van der Waals surface area (Å²) in [7, 11) is 0. The van der Waals surface area contributed by atoms with Gasteiger partial charge in [-0.2, -0.15) is 0 Å². The third-order valence-electron chi connectivity index (χ3n) is 2.31. The zero-order chi connectivity index (χ0) is 12.0. The Labute approximate surface area is 119 Å². The number of halogens is 2. The molecule has 1 aromatic rings. The van der Waals surface area contributed by atoms with Gasteiger partial charge in [0.1, 0.15) is 0 Å². The fraction of sp³-hybridized carbons (Fsp3) is 0.500. The van der Waals surface area contributed by atoms with Crippen molar-refractivity contribution in [3.05, 3.63) is 31.9 Å². The van der Waals surface area contributed by atoms with Gasteiger partial charge in [0, 0.05) is 15.4 Å². The molecule has 0 radical (unpaired) electrons. The first-order chi connectivity index (χ1) is 7.69. The smallest absolute Gasteiger partial charge is 0.0843 e. The highest BCUT2D eigenvalue weighted by Gasteiger charge is 2.14. The van der Waals surface area contributed by atoms with Crippen molar-refractivity contribution < 1.29 is 0 Å². The summed E-state index contributed by atoms with van der Waals surface area (Å²) in [6.45, 7) is 7.04. The highest BCUT2D eigenvalue weighted by molar-refractivity contribution is 9.13. The molecule has 0 aliphatic carbocycles. The second-order valence-corrected chi connectivity index (χ2v) is 6.90. The molecule has 0 aromatic carbocycles. The molecule has 16 heavy (non-hydrogen) atoms. The van der Waals surface area contributed by atoms with Crippen LogP contribution in [-0.2, 0) is 0 Å². The predicted octanol–water partition coefficient (Wildman–Crippen LogP) is 5.28. The Morgan fingerprint density at radius 1 is 1.56 bits per heavy atom. The van der Waals surface area contributed by atoms with Gasteiger partial charge in [-0.05, 0) is 63.7 Å². The van der Waals surface area contributed by atoms with Crippen LogP contribution < -0.4 is 5.32 Å². The maximum Gasteiger partial charge on any atom is 0.0843 e. The standard InChI is InChI=1S/C12H17Br2NS/c1-3-5-6-10(15-7-4-2)11-8-9(13)12(14)16-11/h3,8,10,15H,1,4-7H2,2H3. The van der Waals surface area contributed by atoms with E-state index < -0.39 is 0 Å². The van der Waals surface area contributed by atoms with Crippen LogP contribution in [0.1, 0.15) is 37.1 Å². The summed E-state index contributed by atoms with van der Waals surface area (Å²) in [4.78, 5) is 1.38. The molecule has 4 heteroatoms. The summed E-state index contributed by atoms with van der Waals surface area (Å²) in [6.07, 6.45) is 5.31. The molecular weight excluding hydrogens is 350 g/mol. The van der Waals surface area contributed by atoms with Crippen LogP contribution in [0.25, 0.3) is 0 Å². The SMILES string of the molecule is C=CCCC(NCCC)c1cc(Br)c(Br)s1. The van der Waals surface area contributed by atoms with Crippen molar-refractivity contribution in [1.29, 1.82) is 0 Å². The highest BCUT2D eigenvalue weighted by atomic mass is 79.9. The molecule has 0 spiro atoms. The molecule has 0 aliphatic rings. The summed E-state index contributed by atoms with van der Waals surface area (Å²) >= 11 is 8.88. The van der Waals surface area contributed by atoms with Crippen LogP contribution in [0.2, 0.25) is 0 Å². The van der Waals surface area contributed by atoms with E-state index in [4.69, 9.17) is 0 Å². The molecule has 0 bridgehead atoms. The summed E-state index contributed by atoms with van der Waals surface area (Å²) in [5, 5.41) is 3.58. The van der Waals surface area contributed by atoms with Gasteiger partial charge in [-0.15, -0.1) is 17.9 Å². The Kier molecular flexibility index (Phi) is 6.89. The summed E-state index contributed by atoms with van der Waals surface area (Å²) < 4.78 is 2.32. The minimum absolute atomic E-state index is 0.450. The average Bonchev–Trinajstić information content (AvgIpc) is 2.59. The van der Waals surface area contributed by atoms with Gasteiger partial charge in [-0.1, -0.05) is 13.0 Å². The van der Waals surface area contributed by atoms with Crippen LogP contribution in [0.3, 0.4) is 0 Å². The van der Waals surface area contributed by atoms with Crippen LogP contribution in [-0.4, -0.2) is 6.54 Å². The molecule has 1 heterocycles. The number of nitrogens with one attached hydrogen (secondary N) is 1. The van der Waals surface area contributed by atoms with Crippen molar-refractivity contribution in [2.24, 2.45) is 0 Å². The normalized spacial score (nSPS) is 12.7. The third kappa shape index (κ3) is 4.32. The quantitative estimate of drug-likeness (QED) is 0.647. The van der Waals surface area contributed by atoms with E-state index in [1.807, 2.05) is 6.08 Å². The van der Waals surface area contributed by atoms with E-state index in [0.717, 1.165) is 30.3 Å². The molecule has 1 N–H and O–H groups in total. The monoisotopic (exact) mass is 365 g/mol. The fourth-order valence-corrected chi connectivity index (χ4v) is 3.68. The van der Waals surface area contributed by atoms with E-state index in [9.17, 15) is 0 Å². The lowest BCUT2D eigenvalue weighted by molar-refractivity contribution is 0.510. The maximum absolute atomic E-state index is 3.79. The number of hydrogen-bond donors (Lipinski definition) is 1. The van der Waals surface area contributed by atoms with E-state index in [-0.39, 0.29) is 0 Å². The van der Waals surface area contributed by atoms with Crippen LogP contribution in [0.4, 0.5) is 0 Å². The van der Waals surface area contributed by atoms with Gasteiger partial charge in [0.05, 0.1) is 3.79 Å². The molecule has 1 unspecified atom stereocenters. The maximum atomic E-state index is 3.79. The van der Waals surface area contributed by atoms with Crippen molar-refractivity contribution >= 4 is 43.2 Å².